The van der Waals surface area contributed by atoms with E-state index in [-0.39, 0.29) is 12.1 Å². The smallest absolute Gasteiger partial charge is 0.324 e. The number of aromatic nitrogens is 3. The van der Waals surface area contributed by atoms with E-state index >= 15 is 0 Å². The number of hydrogen-bond acceptors (Lipinski definition) is 7. The van der Waals surface area contributed by atoms with Crippen LogP contribution in [0.15, 0.2) is 0 Å². The molecule has 0 saturated carbocycles. The summed E-state index contributed by atoms with van der Waals surface area (Å²) in [5.74, 6) is 0.892. The Morgan fingerprint density at radius 3 is 2.76 bits per heavy atom. The van der Waals surface area contributed by atoms with Gasteiger partial charge in [0.1, 0.15) is 0 Å². The highest BCUT2D eigenvalue weighted by Crippen LogP contribution is 2.17. The molecule has 1 N–H and O–H groups in total. The van der Waals surface area contributed by atoms with Crippen molar-refractivity contribution in [2.45, 2.75) is 39.7 Å². The van der Waals surface area contributed by atoms with Crippen molar-refractivity contribution >= 4 is 5.95 Å². The van der Waals surface area contributed by atoms with Crippen molar-refractivity contribution in [1.82, 2.24) is 15.0 Å². The standard InChI is InChI=1S/C14H24N4O3/c1-4-6-15-12-16-13(18-14(17-12)21-10(2)3)20-9-11-5-7-19-8-11/h10-11H,4-9H2,1-3H3,(H,15,16,17,18). The first-order valence-electron chi connectivity index (χ1n) is 7.54. The average molecular weight is 296 g/mol. The predicted molar refractivity (Wildman–Crippen MR) is 78.8 cm³/mol. The Labute approximate surface area is 125 Å². The van der Waals surface area contributed by atoms with Gasteiger partial charge in [-0.2, -0.15) is 9.97 Å². The van der Waals surface area contributed by atoms with Gasteiger partial charge >= 0.3 is 12.0 Å². The van der Waals surface area contributed by atoms with Crippen molar-refractivity contribution in [2.75, 3.05) is 31.7 Å². The van der Waals surface area contributed by atoms with Gasteiger partial charge in [-0.05, 0) is 26.7 Å². The molecule has 0 amide bonds. The van der Waals surface area contributed by atoms with Crippen molar-refractivity contribution in [1.29, 1.82) is 0 Å². The largest absolute Gasteiger partial charge is 0.463 e. The third-order valence-electron chi connectivity index (χ3n) is 2.94. The Morgan fingerprint density at radius 2 is 2.10 bits per heavy atom. The average Bonchev–Trinajstić information content (AvgIpc) is 2.95. The quantitative estimate of drug-likeness (QED) is 0.784. The molecule has 0 bridgehead atoms. The topological polar surface area (TPSA) is 78.4 Å². The van der Waals surface area contributed by atoms with Crippen LogP contribution < -0.4 is 14.8 Å². The molecule has 118 valence electrons. The van der Waals surface area contributed by atoms with Crippen LogP contribution in [0, 0.1) is 5.92 Å². The van der Waals surface area contributed by atoms with Crippen LogP contribution in [0.2, 0.25) is 0 Å². The first-order valence-corrected chi connectivity index (χ1v) is 7.54. The van der Waals surface area contributed by atoms with Crippen LogP contribution in [0.25, 0.3) is 0 Å². The minimum absolute atomic E-state index is 0.00232. The molecule has 1 aliphatic heterocycles. The maximum Gasteiger partial charge on any atom is 0.324 e. The minimum Gasteiger partial charge on any atom is -0.463 e. The molecular weight excluding hydrogens is 272 g/mol. The molecule has 21 heavy (non-hydrogen) atoms. The molecule has 0 aliphatic carbocycles. The summed E-state index contributed by atoms with van der Waals surface area (Å²) in [6.07, 6.45) is 2.01. The van der Waals surface area contributed by atoms with Gasteiger partial charge in [-0.3, -0.25) is 0 Å². The number of ether oxygens (including phenoxy) is 3. The third-order valence-corrected chi connectivity index (χ3v) is 2.94. The molecule has 1 atom stereocenters. The molecule has 7 heteroatoms. The van der Waals surface area contributed by atoms with E-state index in [4.69, 9.17) is 14.2 Å². The highest BCUT2D eigenvalue weighted by atomic mass is 16.5. The van der Waals surface area contributed by atoms with Crippen molar-refractivity contribution in [3.8, 4) is 12.0 Å². The molecule has 0 radical (unpaired) electrons. The van der Waals surface area contributed by atoms with Crippen LogP contribution in [0.1, 0.15) is 33.6 Å². The zero-order valence-corrected chi connectivity index (χ0v) is 13.0. The second-order valence-electron chi connectivity index (χ2n) is 5.36. The summed E-state index contributed by atoms with van der Waals surface area (Å²) in [5.41, 5.74) is 0. The van der Waals surface area contributed by atoms with Gasteiger partial charge in [0, 0.05) is 19.1 Å². The zero-order valence-electron chi connectivity index (χ0n) is 13.0. The van der Waals surface area contributed by atoms with E-state index in [0.717, 1.165) is 32.6 Å². The van der Waals surface area contributed by atoms with E-state index in [9.17, 15) is 0 Å². The molecular formula is C14H24N4O3. The number of nitrogens with one attached hydrogen (secondary N) is 1. The predicted octanol–water partition coefficient (Wildman–Crippen LogP) is 1.90. The highest BCUT2D eigenvalue weighted by Gasteiger charge is 2.18. The first-order chi connectivity index (χ1) is 10.2. The summed E-state index contributed by atoms with van der Waals surface area (Å²) in [6.45, 7) is 8.83. The molecule has 1 fully saturated rings. The summed E-state index contributed by atoms with van der Waals surface area (Å²) < 4.78 is 16.5. The van der Waals surface area contributed by atoms with E-state index in [1.807, 2.05) is 13.8 Å². The Bertz CT molecular complexity index is 436. The lowest BCUT2D eigenvalue weighted by Gasteiger charge is -2.12. The summed E-state index contributed by atoms with van der Waals surface area (Å²) >= 11 is 0. The molecule has 0 spiro atoms. The lowest BCUT2D eigenvalue weighted by atomic mass is 10.1. The highest BCUT2D eigenvalue weighted by molar-refractivity contribution is 5.27. The summed E-state index contributed by atoms with van der Waals surface area (Å²) in [4.78, 5) is 12.7. The van der Waals surface area contributed by atoms with E-state index in [2.05, 4.69) is 27.2 Å². The summed E-state index contributed by atoms with van der Waals surface area (Å²) in [6, 6.07) is 0.586. The van der Waals surface area contributed by atoms with E-state index in [0.29, 0.717) is 24.5 Å². The fourth-order valence-corrected chi connectivity index (χ4v) is 1.89. The molecule has 0 aromatic carbocycles. The molecule has 2 heterocycles. The lowest BCUT2D eigenvalue weighted by molar-refractivity contribution is 0.161. The van der Waals surface area contributed by atoms with Gasteiger partial charge in [0.2, 0.25) is 5.95 Å². The van der Waals surface area contributed by atoms with Crippen LogP contribution in [0.3, 0.4) is 0 Å². The van der Waals surface area contributed by atoms with E-state index in [1.54, 1.807) is 0 Å². The minimum atomic E-state index is 0.00232. The Hall–Kier alpha value is -1.63. The summed E-state index contributed by atoms with van der Waals surface area (Å²) in [7, 11) is 0. The van der Waals surface area contributed by atoms with Crippen LogP contribution >= 0.6 is 0 Å². The third kappa shape index (κ3) is 5.34. The fraction of sp³-hybridized carbons (Fsp3) is 0.786. The first kappa shape index (κ1) is 15.8. The van der Waals surface area contributed by atoms with Crippen LogP contribution in [-0.4, -0.2) is 47.4 Å². The number of nitrogens with zero attached hydrogens (tertiary/aromatic N) is 3. The fourth-order valence-electron chi connectivity index (χ4n) is 1.89. The van der Waals surface area contributed by atoms with Crippen molar-refractivity contribution < 1.29 is 14.2 Å². The number of hydrogen-bond donors (Lipinski definition) is 1. The Morgan fingerprint density at radius 1 is 1.29 bits per heavy atom. The molecule has 2 rings (SSSR count). The normalized spacial score (nSPS) is 18.0. The van der Waals surface area contributed by atoms with Crippen molar-refractivity contribution in [3.05, 3.63) is 0 Å². The molecule has 1 aliphatic rings. The van der Waals surface area contributed by atoms with Crippen LogP contribution in [0.4, 0.5) is 5.95 Å². The van der Waals surface area contributed by atoms with Gasteiger partial charge in [0.15, 0.2) is 0 Å². The molecule has 1 unspecified atom stereocenters. The monoisotopic (exact) mass is 296 g/mol. The second-order valence-corrected chi connectivity index (χ2v) is 5.36. The Balaban J connectivity index is 2.01. The number of rotatable bonds is 8. The van der Waals surface area contributed by atoms with Gasteiger partial charge in [0.25, 0.3) is 0 Å². The second kappa shape index (κ2) is 7.97. The van der Waals surface area contributed by atoms with Crippen LogP contribution in [0.5, 0.6) is 12.0 Å². The van der Waals surface area contributed by atoms with E-state index < -0.39 is 0 Å². The van der Waals surface area contributed by atoms with Gasteiger partial charge < -0.3 is 19.5 Å². The molecule has 1 aromatic rings. The van der Waals surface area contributed by atoms with Crippen molar-refractivity contribution in [3.63, 3.8) is 0 Å². The van der Waals surface area contributed by atoms with Gasteiger partial charge in [-0.25, -0.2) is 0 Å². The SMILES string of the molecule is CCCNc1nc(OCC2CCOC2)nc(OC(C)C)n1. The maximum absolute atomic E-state index is 5.67. The number of anilines is 1. The Kier molecular flexibility index (Phi) is 5.98. The van der Waals surface area contributed by atoms with Gasteiger partial charge in [-0.15, -0.1) is 4.98 Å². The maximum atomic E-state index is 5.67. The zero-order chi connectivity index (χ0) is 15.1. The lowest BCUT2D eigenvalue weighted by Crippen LogP contribution is -2.16. The van der Waals surface area contributed by atoms with Crippen molar-refractivity contribution in [2.24, 2.45) is 5.92 Å². The van der Waals surface area contributed by atoms with Gasteiger partial charge in [-0.1, -0.05) is 6.92 Å². The summed E-state index contributed by atoms with van der Waals surface area (Å²) in [5, 5.41) is 3.13. The van der Waals surface area contributed by atoms with E-state index in [1.165, 1.54) is 0 Å². The molecule has 1 saturated heterocycles. The molecule has 1 aromatic heterocycles. The van der Waals surface area contributed by atoms with Crippen LogP contribution in [-0.2, 0) is 4.74 Å². The molecule has 7 nitrogen and oxygen atoms in total. The van der Waals surface area contributed by atoms with Gasteiger partial charge in [0.05, 0.1) is 19.3 Å².